The van der Waals surface area contributed by atoms with E-state index in [4.69, 9.17) is 9.15 Å². The van der Waals surface area contributed by atoms with Gasteiger partial charge in [0.2, 0.25) is 5.91 Å². The molecule has 2 aromatic carbocycles. The zero-order valence-electron chi connectivity index (χ0n) is 15.9. The SMILES string of the molecule is COC(=O)c1cccc(-c2ccc(/C=N/NC(=O)Cc3ccc(F)cc3)o2)c1C. The van der Waals surface area contributed by atoms with Crippen LogP contribution in [0.5, 0.6) is 0 Å². The van der Waals surface area contributed by atoms with Crippen molar-refractivity contribution in [1.82, 2.24) is 5.43 Å². The number of carbonyl (C=O) groups is 2. The number of nitrogens with one attached hydrogen (secondary N) is 1. The molecule has 0 unspecified atom stereocenters. The molecule has 1 aromatic heterocycles. The Morgan fingerprint density at radius 2 is 1.90 bits per heavy atom. The van der Waals surface area contributed by atoms with Crippen LogP contribution < -0.4 is 5.43 Å². The second kappa shape index (κ2) is 8.97. The summed E-state index contributed by atoms with van der Waals surface area (Å²) in [6.45, 7) is 1.81. The fourth-order valence-electron chi connectivity index (χ4n) is 2.80. The van der Waals surface area contributed by atoms with Crippen LogP contribution in [-0.2, 0) is 16.0 Å². The number of halogens is 1. The van der Waals surface area contributed by atoms with Gasteiger partial charge in [0.1, 0.15) is 17.3 Å². The van der Waals surface area contributed by atoms with Crippen LogP contribution in [0, 0.1) is 12.7 Å². The highest BCUT2D eigenvalue weighted by Crippen LogP contribution is 2.27. The minimum absolute atomic E-state index is 0.0839. The molecule has 1 heterocycles. The summed E-state index contributed by atoms with van der Waals surface area (Å²) in [5.74, 6) is -0.103. The summed E-state index contributed by atoms with van der Waals surface area (Å²) < 4.78 is 23.4. The maximum atomic E-state index is 12.9. The van der Waals surface area contributed by atoms with Gasteiger partial charge >= 0.3 is 5.97 Å². The third kappa shape index (κ3) is 4.95. The molecule has 0 fully saturated rings. The zero-order chi connectivity index (χ0) is 20.8. The molecular weight excluding hydrogens is 375 g/mol. The average Bonchev–Trinajstić information content (AvgIpc) is 3.18. The Bertz CT molecular complexity index is 1050. The molecule has 29 heavy (non-hydrogen) atoms. The van der Waals surface area contributed by atoms with Crippen LogP contribution in [0.4, 0.5) is 4.39 Å². The highest BCUT2D eigenvalue weighted by atomic mass is 19.1. The molecule has 0 aliphatic rings. The number of amides is 1. The third-order valence-electron chi connectivity index (χ3n) is 4.29. The molecule has 0 atom stereocenters. The van der Waals surface area contributed by atoms with Crippen molar-refractivity contribution in [1.29, 1.82) is 0 Å². The summed E-state index contributed by atoms with van der Waals surface area (Å²) in [7, 11) is 1.33. The van der Waals surface area contributed by atoms with Gasteiger partial charge in [-0.05, 0) is 48.4 Å². The maximum Gasteiger partial charge on any atom is 0.338 e. The minimum Gasteiger partial charge on any atom is -0.465 e. The minimum atomic E-state index is -0.415. The normalized spacial score (nSPS) is 10.9. The monoisotopic (exact) mass is 394 g/mol. The fourth-order valence-corrected chi connectivity index (χ4v) is 2.80. The van der Waals surface area contributed by atoms with Crippen molar-refractivity contribution in [2.24, 2.45) is 5.10 Å². The molecule has 3 aromatic rings. The van der Waals surface area contributed by atoms with Gasteiger partial charge in [0.05, 0.1) is 25.3 Å². The van der Waals surface area contributed by atoms with Crippen LogP contribution in [0.3, 0.4) is 0 Å². The number of rotatable bonds is 6. The Hall–Kier alpha value is -3.74. The molecule has 7 heteroatoms. The number of ether oxygens (including phenoxy) is 1. The number of nitrogens with zero attached hydrogens (tertiary/aromatic N) is 1. The van der Waals surface area contributed by atoms with Gasteiger partial charge in [-0.3, -0.25) is 4.79 Å². The first-order chi connectivity index (χ1) is 14.0. The van der Waals surface area contributed by atoms with Crippen molar-refractivity contribution in [3.63, 3.8) is 0 Å². The van der Waals surface area contributed by atoms with E-state index >= 15 is 0 Å². The van der Waals surface area contributed by atoms with Crippen LogP contribution in [0.15, 0.2) is 64.1 Å². The molecule has 0 aliphatic heterocycles. The fraction of sp³-hybridized carbons (Fsp3) is 0.136. The summed E-state index contributed by atoms with van der Waals surface area (Å²) in [5, 5.41) is 3.88. The van der Waals surface area contributed by atoms with E-state index in [1.165, 1.54) is 25.5 Å². The van der Waals surface area contributed by atoms with Gasteiger partial charge in [-0.15, -0.1) is 0 Å². The lowest BCUT2D eigenvalue weighted by atomic mass is 10.0. The number of esters is 1. The van der Waals surface area contributed by atoms with Crippen molar-refractivity contribution in [3.8, 4) is 11.3 Å². The number of hydrogen-bond donors (Lipinski definition) is 1. The smallest absolute Gasteiger partial charge is 0.338 e. The van der Waals surface area contributed by atoms with E-state index in [0.29, 0.717) is 22.6 Å². The first kappa shape index (κ1) is 20.0. The highest BCUT2D eigenvalue weighted by Gasteiger charge is 2.14. The van der Waals surface area contributed by atoms with Gasteiger partial charge in [0, 0.05) is 5.56 Å². The predicted octanol–water partition coefficient (Wildman–Crippen LogP) is 3.87. The number of hydrogen-bond acceptors (Lipinski definition) is 5. The van der Waals surface area contributed by atoms with Crippen LogP contribution in [-0.4, -0.2) is 25.2 Å². The van der Waals surface area contributed by atoms with E-state index < -0.39 is 5.97 Å². The van der Waals surface area contributed by atoms with Crippen molar-refractivity contribution in [2.45, 2.75) is 13.3 Å². The second-order valence-electron chi connectivity index (χ2n) is 6.27. The predicted molar refractivity (Wildman–Crippen MR) is 106 cm³/mol. The third-order valence-corrected chi connectivity index (χ3v) is 4.29. The molecule has 6 nitrogen and oxygen atoms in total. The quantitative estimate of drug-likeness (QED) is 0.391. The topological polar surface area (TPSA) is 80.9 Å². The molecule has 0 bridgehead atoms. The molecular formula is C22H19FN2O4. The molecule has 0 radical (unpaired) electrons. The van der Waals surface area contributed by atoms with E-state index in [1.54, 1.807) is 36.4 Å². The lowest BCUT2D eigenvalue weighted by Crippen LogP contribution is -2.19. The number of benzene rings is 2. The first-order valence-electron chi connectivity index (χ1n) is 8.82. The van der Waals surface area contributed by atoms with Crippen molar-refractivity contribution in [3.05, 3.63) is 82.9 Å². The van der Waals surface area contributed by atoms with Crippen LogP contribution in [0.2, 0.25) is 0 Å². The lowest BCUT2D eigenvalue weighted by Gasteiger charge is -2.07. The van der Waals surface area contributed by atoms with Crippen LogP contribution in [0.25, 0.3) is 11.3 Å². The van der Waals surface area contributed by atoms with E-state index in [2.05, 4.69) is 10.5 Å². The Morgan fingerprint density at radius 1 is 1.14 bits per heavy atom. The van der Waals surface area contributed by atoms with Gasteiger partial charge in [-0.25, -0.2) is 14.6 Å². The summed E-state index contributed by atoms with van der Waals surface area (Å²) in [4.78, 5) is 23.7. The summed E-state index contributed by atoms with van der Waals surface area (Å²) in [5.41, 5.74) is 5.04. The molecule has 1 N–H and O–H groups in total. The number of methoxy groups -OCH3 is 1. The molecule has 0 saturated carbocycles. The lowest BCUT2D eigenvalue weighted by molar-refractivity contribution is -0.120. The molecule has 148 valence electrons. The Balaban J connectivity index is 1.65. The van der Waals surface area contributed by atoms with E-state index in [9.17, 15) is 14.0 Å². The maximum absolute atomic E-state index is 12.9. The second-order valence-corrected chi connectivity index (χ2v) is 6.27. The van der Waals surface area contributed by atoms with Crippen molar-refractivity contribution < 1.29 is 23.1 Å². The standard InChI is InChI=1S/C22H19FN2O4/c1-14-18(4-3-5-19(14)22(27)28-2)20-11-10-17(29-20)13-24-25-21(26)12-15-6-8-16(23)9-7-15/h3-11,13H,12H2,1-2H3,(H,25,26)/b24-13+. The summed E-state index contributed by atoms with van der Waals surface area (Å²) >= 11 is 0. The number of hydrazone groups is 1. The Morgan fingerprint density at radius 3 is 2.62 bits per heavy atom. The van der Waals surface area contributed by atoms with Gasteiger partial charge in [0.25, 0.3) is 0 Å². The zero-order valence-corrected chi connectivity index (χ0v) is 15.9. The van der Waals surface area contributed by atoms with E-state index in [1.807, 2.05) is 13.0 Å². The average molecular weight is 394 g/mol. The van der Waals surface area contributed by atoms with Gasteiger partial charge in [-0.1, -0.05) is 24.3 Å². The first-order valence-corrected chi connectivity index (χ1v) is 8.82. The van der Waals surface area contributed by atoms with E-state index in [0.717, 1.165) is 11.1 Å². The molecule has 3 rings (SSSR count). The Kier molecular flexibility index (Phi) is 6.19. The van der Waals surface area contributed by atoms with Gasteiger partial charge < -0.3 is 9.15 Å². The molecule has 0 spiro atoms. The van der Waals surface area contributed by atoms with E-state index in [-0.39, 0.29) is 18.1 Å². The number of carbonyl (C=O) groups excluding carboxylic acids is 2. The van der Waals surface area contributed by atoms with Crippen LogP contribution in [0.1, 0.15) is 27.2 Å². The van der Waals surface area contributed by atoms with Gasteiger partial charge in [0.15, 0.2) is 0 Å². The van der Waals surface area contributed by atoms with Crippen molar-refractivity contribution >= 4 is 18.1 Å². The van der Waals surface area contributed by atoms with Gasteiger partial charge in [-0.2, -0.15) is 5.10 Å². The molecule has 1 amide bonds. The summed E-state index contributed by atoms with van der Waals surface area (Å²) in [6.07, 6.45) is 1.46. The largest absolute Gasteiger partial charge is 0.465 e. The highest BCUT2D eigenvalue weighted by molar-refractivity contribution is 5.93. The van der Waals surface area contributed by atoms with Crippen LogP contribution >= 0.6 is 0 Å². The number of furan rings is 1. The van der Waals surface area contributed by atoms with Crippen molar-refractivity contribution in [2.75, 3.05) is 7.11 Å². The molecule has 0 aliphatic carbocycles. The Labute approximate surface area is 167 Å². The molecule has 0 saturated heterocycles. The summed E-state index contributed by atoms with van der Waals surface area (Å²) in [6, 6.07) is 14.4.